The maximum Gasteiger partial charge on any atom is 0.319 e. The van der Waals surface area contributed by atoms with Crippen LogP contribution in [0.2, 0.25) is 0 Å². The summed E-state index contributed by atoms with van der Waals surface area (Å²) >= 11 is 0. The summed E-state index contributed by atoms with van der Waals surface area (Å²) in [4.78, 5) is 16.3. The van der Waals surface area contributed by atoms with Gasteiger partial charge >= 0.3 is 6.03 Å². The van der Waals surface area contributed by atoms with E-state index in [2.05, 4.69) is 15.6 Å². The highest BCUT2D eigenvalue weighted by Crippen LogP contribution is 2.27. The molecule has 6 heteroatoms. The summed E-state index contributed by atoms with van der Waals surface area (Å²) in [5.74, 6) is 0.684. The lowest BCUT2D eigenvalue weighted by atomic mass is 9.97. The average molecular weight is 305 g/mol. The topological polar surface area (TPSA) is 76.4 Å². The zero-order valence-corrected chi connectivity index (χ0v) is 13.5. The summed E-state index contributed by atoms with van der Waals surface area (Å²) in [6.07, 6.45) is 0.779. The van der Waals surface area contributed by atoms with Crippen LogP contribution >= 0.6 is 0 Å². The number of hydrogen-bond donors (Lipinski definition) is 2. The molecule has 2 amide bonds. The van der Waals surface area contributed by atoms with Crippen molar-refractivity contribution < 1.29 is 13.9 Å². The van der Waals surface area contributed by atoms with Gasteiger partial charge < -0.3 is 19.8 Å². The third-order valence-corrected chi connectivity index (χ3v) is 3.10. The number of carbonyl (C=O) groups is 1. The second-order valence-electron chi connectivity index (χ2n) is 6.18. The Kier molecular flexibility index (Phi) is 5.03. The minimum Gasteiger partial charge on any atom is -0.440 e. The van der Waals surface area contributed by atoms with Gasteiger partial charge in [0.25, 0.3) is 0 Å². The number of ether oxygens (including phenoxy) is 1. The zero-order valence-electron chi connectivity index (χ0n) is 13.5. The molecule has 2 aromatic rings. The highest BCUT2D eigenvalue weighted by molar-refractivity contribution is 5.91. The molecule has 0 aliphatic rings. The third-order valence-electron chi connectivity index (χ3n) is 3.10. The van der Waals surface area contributed by atoms with Crippen LogP contribution in [-0.2, 0) is 10.2 Å². The monoisotopic (exact) mass is 305 g/mol. The highest BCUT2D eigenvalue weighted by atomic mass is 16.5. The number of anilines is 1. The molecule has 2 N–H and O–H groups in total. The van der Waals surface area contributed by atoms with Crippen LogP contribution in [0.15, 0.2) is 22.6 Å². The molecule has 0 fully saturated rings. The molecule has 0 atom stereocenters. The molecular formula is C16H23N3O3. The molecule has 1 aromatic carbocycles. The molecule has 0 saturated carbocycles. The number of fused-ring (bicyclic) bond motifs is 1. The van der Waals surface area contributed by atoms with Gasteiger partial charge in [0.05, 0.1) is 0 Å². The van der Waals surface area contributed by atoms with Crippen LogP contribution in [0.25, 0.3) is 11.1 Å². The fraction of sp³-hybridized carbons (Fsp3) is 0.500. The quantitative estimate of drug-likeness (QED) is 0.831. The second-order valence-corrected chi connectivity index (χ2v) is 6.18. The van der Waals surface area contributed by atoms with E-state index in [0.717, 1.165) is 17.5 Å². The Hall–Kier alpha value is -2.08. The molecule has 6 nitrogen and oxygen atoms in total. The smallest absolute Gasteiger partial charge is 0.319 e. The van der Waals surface area contributed by atoms with Crippen molar-refractivity contribution in [3.8, 4) is 0 Å². The predicted molar refractivity (Wildman–Crippen MR) is 86.2 cm³/mol. The van der Waals surface area contributed by atoms with Crippen LogP contribution < -0.4 is 10.6 Å². The van der Waals surface area contributed by atoms with Crippen molar-refractivity contribution in [2.24, 2.45) is 0 Å². The standard InChI is InChI=1S/C16H23N3O3/c1-16(2,3)14-19-12-10-11(6-7-13(12)22-14)18-15(20)17-8-5-9-21-4/h6-7,10H,5,8-9H2,1-4H3,(H2,17,18,20). The van der Waals surface area contributed by atoms with E-state index in [4.69, 9.17) is 9.15 Å². The van der Waals surface area contributed by atoms with Gasteiger partial charge in [-0.05, 0) is 24.6 Å². The lowest BCUT2D eigenvalue weighted by molar-refractivity contribution is 0.194. The van der Waals surface area contributed by atoms with Crippen molar-refractivity contribution in [3.05, 3.63) is 24.1 Å². The second kappa shape index (κ2) is 6.79. The van der Waals surface area contributed by atoms with Crippen LogP contribution in [0.5, 0.6) is 0 Å². The minimum atomic E-state index is -0.241. The van der Waals surface area contributed by atoms with Crippen LogP contribution in [-0.4, -0.2) is 31.3 Å². The number of oxazole rings is 1. The van der Waals surface area contributed by atoms with Crippen molar-refractivity contribution in [3.63, 3.8) is 0 Å². The van der Waals surface area contributed by atoms with Crippen molar-refractivity contribution >= 4 is 22.8 Å². The summed E-state index contributed by atoms with van der Waals surface area (Å²) in [5.41, 5.74) is 1.99. The number of nitrogens with one attached hydrogen (secondary N) is 2. The van der Waals surface area contributed by atoms with Gasteiger partial charge in [0.15, 0.2) is 5.58 Å². The molecule has 0 aliphatic carbocycles. The number of carbonyl (C=O) groups excluding carboxylic acids is 1. The van der Waals surface area contributed by atoms with Gasteiger partial charge in [-0.3, -0.25) is 0 Å². The molecule has 2 rings (SSSR count). The van der Waals surface area contributed by atoms with Gasteiger partial charge in [-0.1, -0.05) is 20.8 Å². The van der Waals surface area contributed by atoms with Crippen LogP contribution in [0.1, 0.15) is 33.1 Å². The lowest BCUT2D eigenvalue weighted by Gasteiger charge is -2.11. The zero-order chi connectivity index (χ0) is 16.2. The fourth-order valence-electron chi connectivity index (χ4n) is 1.92. The Balaban J connectivity index is 2.02. The molecular weight excluding hydrogens is 282 g/mol. The third kappa shape index (κ3) is 4.21. The highest BCUT2D eigenvalue weighted by Gasteiger charge is 2.21. The van der Waals surface area contributed by atoms with Gasteiger partial charge in [0.2, 0.25) is 5.89 Å². The predicted octanol–water partition coefficient (Wildman–Crippen LogP) is 3.28. The Morgan fingerprint density at radius 1 is 1.36 bits per heavy atom. The Bertz CT molecular complexity index is 644. The molecule has 22 heavy (non-hydrogen) atoms. The first-order chi connectivity index (χ1) is 10.4. The molecule has 120 valence electrons. The SMILES string of the molecule is COCCCNC(=O)Nc1ccc2oc(C(C)(C)C)nc2c1. The minimum absolute atomic E-state index is 0.147. The van der Waals surface area contributed by atoms with Crippen molar-refractivity contribution in [1.82, 2.24) is 10.3 Å². The van der Waals surface area contributed by atoms with E-state index in [1.165, 1.54) is 0 Å². The number of benzene rings is 1. The van der Waals surface area contributed by atoms with Crippen LogP contribution in [0, 0.1) is 0 Å². The van der Waals surface area contributed by atoms with Crippen molar-refractivity contribution in [2.45, 2.75) is 32.6 Å². The molecule has 0 unspecified atom stereocenters. The first-order valence-corrected chi connectivity index (χ1v) is 7.35. The molecule has 1 aromatic heterocycles. The average Bonchev–Trinajstić information content (AvgIpc) is 2.87. The Morgan fingerprint density at radius 3 is 2.82 bits per heavy atom. The number of aromatic nitrogens is 1. The Morgan fingerprint density at radius 2 is 2.14 bits per heavy atom. The van der Waals surface area contributed by atoms with Crippen LogP contribution in [0.3, 0.4) is 0 Å². The summed E-state index contributed by atoms with van der Waals surface area (Å²) in [7, 11) is 1.64. The Labute approximate surface area is 130 Å². The fourth-order valence-corrected chi connectivity index (χ4v) is 1.92. The first kappa shape index (κ1) is 16.3. The van der Waals surface area contributed by atoms with Crippen molar-refractivity contribution in [1.29, 1.82) is 0 Å². The number of hydrogen-bond acceptors (Lipinski definition) is 4. The van der Waals surface area contributed by atoms with E-state index < -0.39 is 0 Å². The van der Waals surface area contributed by atoms with Crippen molar-refractivity contribution in [2.75, 3.05) is 25.6 Å². The summed E-state index contributed by atoms with van der Waals surface area (Å²) < 4.78 is 10.7. The summed E-state index contributed by atoms with van der Waals surface area (Å²) in [6, 6.07) is 5.19. The number of methoxy groups -OCH3 is 1. The number of amides is 2. The number of nitrogens with zero attached hydrogens (tertiary/aromatic N) is 1. The first-order valence-electron chi connectivity index (χ1n) is 7.35. The number of rotatable bonds is 5. The van der Waals surface area contributed by atoms with E-state index in [1.54, 1.807) is 13.2 Å². The summed E-state index contributed by atoms with van der Waals surface area (Å²) in [6.45, 7) is 7.33. The molecule has 0 spiro atoms. The lowest BCUT2D eigenvalue weighted by Crippen LogP contribution is -2.30. The largest absolute Gasteiger partial charge is 0.440 e. The van der Waals surface area contributed by atoms with Gasteiger partial charge in [0.1, 0.15) is 5.52 Å². The molecule has 1 heterocycles. The maximum absolute atomic E-state index is 11.8. The van der Waals surface area contributed by atoms with Gasteiger partial charge in [-0.15, -0.1) is 0 Å². The molecule has 0 saturated heterocycles. The van der Waals surface area contributed by atoms with E-state index in [1.807, 2.05) is 32.9 Å². The normalized spacial score (nSPS) is 11.6. The van der Waals surface area contributed by atoms with Crippen LogP contribution in [0.4, 0.5) is 10.5 Å². The van der Waals surface area contributed by atoms with Gasteiger partial charge in [-0.25, -0.2) is 9.78 Å². The maximum atomic E-state index is 11.8. The molecule has 0 bridgehead atoms. The number of urea groups is 1. The van der Waals surface area contributed by atoms with E-state index >= 15 is 0 Å². The van der Waals surface area contributed by atoms with Gasteiger partial charge in [-0.2, -0.15) is 0 Å². The van der Waals surface area contributed by atoms with E-state index in [-0.39, 0.29) is 11.4 Å². The van der Waals surface area contributed by atoms with E-state index in [0.29, 0.717) is 24.7 Å². The van der Waals surface area contributed by atoms with Gasteiger partial charge in [0, 0.05) is 31.4 Å². The summed E-state index contributed by atoms with van der Waals surface area (Å²) in [5, 5.41) is 5.56. The van der Waals surface area contributed by atoms with E-state index in [9.17, 15) is 4.79 Å². The molecule has 0 aliphatic heterocycles. The molecule has 0 radical (unpaired) electrons.